The summed E-state index contributed by atoms with van der Waals surface area (Å²) >= 11 is 5.88. The van der Waals surface area contributed by atoms with Crippen molar-refractivity contribution in [3.05, 3.63) is 76.8 Å². The van der Waals surface area contributed by atoms with Gasteiger partial charge in [0.15, 0.2) is 0 Å². The first-order valence-electron chi connectivity index (χ1n) is 6.59. The van der Waals surface area contributed by atoms with Crippen LogP contribution in [0.3, 0.4) is 0 Å². The number of nitriles is 1. The van der Waals surface area contributed by atoms with Gasteiger partial charge in [0.05, 0.1) is 17.4 Å². The summed E-state index contributed by atoms with van der Waals surface area (Å²) in [6.07, 6.45) is 10.7. The van der Waals surface area contributed by atoms with E-state index in [9.17, 15) is 0 Å². The van der Waals surface area contributed by atoms with Crippen LogP contribution in [0.1, 0.15) is 16.7 Å². The molecule has 4 nitrogen and oxygen atoms in total. The summed E-state index contributed by atoms with van der Waals surface area (Å²) in [5.41, 5.74) is 3.25. The minimum absolute atomic E-state index is 0.545. The van der Waals surface area contributed by atoms with Crippen molar-refractivity contribution in [1.82, 2.24) is 14.8 Å². The van der Waals surface area contributed by atoms with Crippen LogP contribution in [0.15, 0.2) is 55.1 Å². The number of halogens is 1. The number of rotatable bonds is 3. The number of hydrogen-bond acceptors (Lipinski definition) is 3. The third-order valence-electron chi connectivity index (χ3n) is 3.12. The molecule has 0 saturated heterocycles. The fraction of sp³-hybridized carbons (Fsp3) is 0. The Morgan fingerprint density at radius 3 is 2.68 bits per heavy atom. The van der Waals surface area contributed by atoms with Crippen LogP contribution in [0.2, 0.25) is 5.02 Å². The molecule has 3 aromatic rings. The van der Waals surface area contributed by atoms with Gasteiger partial charge in [-0.15, -0.1) is 0 Å². The van der Waals surface area contributed by atoms with E-state index in [1.54, 1.807) is 29.3 Å². The maximum atomic E-state index is 9.04. The smallest absolute Gasteiger partial charge is 0.101 e. The predicted octanol–water partition coefficient (Wildman–Crippen LogP) is 3.96. The van der Waals surface area contributed by atoms with Crippen LogP contribution in [0.5, 0.6) is 0 Å². The fourth-order valence-corrected chi connectivity index (χ4v) is 2.11. The van der Waals surface area contributed by atoms with Gasteiger partial charge in [0, 0.05) is 29.2 Å². The van der Waals surface area contributed by atoms with E-state index in [1.165, 1.54) is 0 Å². The van der Waals surface area contributed by atoms with Gasteiger partial charge in [-0.05, 0) is 35.9 Å². The van der Waals surface area contributed by atoms with Crippen LogP contribution in [-0.2, 0) is 0 Å². The average molecular weight is 307 g/mol. The van der Waals surface area contributed by atoms with Crippen molar-refractivity contribution in [3.63, 3.8) is 0 Å². The standard InChI is InChI=1S/C17H11ClN4/c18-16-3-5-17(6-4-16)22-12-13(10-21-22)1-2-14-7-8-20-11-15(14)9-19/h1-8,10-12H/b2-1+. The molecule has 0 fully saturated rings. The van der Waals surface area contributed by atoms with E-state index < -0.39 is 0 Å². The van der Waals surface area contributed by atoms with Crippen LogP contribution < -0.4 is 0 Å². The normalized spacial score (nSPS) is 10.7. The average Bonchev–Trinajstić information content (AvgIpc) is 3.03. The molecule has 0 spiro atoms. The molecule has 2 heterocycles. The van der Waals surface area contributed by atoms with Gasteiger partial charge in [0.25, 0.3) is 0 Å². The van der Waals surface area contributed by atoms with Gasteiger partial charge >= 0.3 is 0 Å². The Balaban J connectivity index is 1.84. The molecule has 0 unspecified atom stereocenters. The second-order valence-corrected chi connectivity index (χ2v) is 5.04. The van der Waals surface area contributed by atoms with Crippen molar-refractivity contribution in [2.75, 3.05) is 0 Å². The van der Waals surface area contributed by atoms with Crippen molar-refractivity contribution >= 4 is 23.8 Å². The van der Waals surface area contributed by atoms with E-state index >= 15 is 0 Å². The lowest BCUT2D eigenvalue weighted by molar-refractivity contribution is 0.880. The zero-order valence-corrected chi connectivity index (χ0v) is 12.3. The van der Waals surface area contributed by atoms with E-state index in [0.29, 0.717) is 10.6 Å². The zero-order valence-electron chi connectivity index (χ0n) is 11.5. The highest BCUT2D eigenvalue weighted by Crippen LogP contribution is 2.15. The molecule has 0 aliphatic heterocycles. The Hall–Kier alpha value is -2.90. The highest BCUT2D eigenvalue weighted by atomic mass is 35.5. The van der Waals surface area contributed by atoms with E-state index in [-0.39, 0.29) is 0 Å². The minimum atomic E-state index is 0.545. The maximum Gasteiger partial charge on any atom is 0.101 e. The summed E-state index contributed by atoms with van der Waals surface area (Å²) in [5, 5.41) is 14.0. The molecule has 22 heavy (non-hydrogen) atoms. The second-order valence-electron chi connectivity index (χ2n) is 4.60. The number of hydrogen-bond donors (Lipinski definition) is 0. The topological polar surface area (TPSA) is 54.5 Å². The number of benzene rings is 1. The SMILES string of the molecule is N#Cc1cnccc1/C=C/c1cnn(-c2ccc(Cl)cc2)c1. The summed E-state index contributed by atoms with van der Waals surface area (Å²) in [6, 6.07) is 11.4. The van der Waals surface area contributed by atoms with Crippen LogP contribution in [0.4, 0.5) is 0 Å². The molecule has 3 rings (SSSR count). The summed E-state index contributed by atoms with van der Waals surface area (Å²) in [7, 11) is 0. The highest BCUT2D eigenvalue weighted by Gasteiger charge is 2.00. The Bertz CT molecular complexity index is 857. The highest BCUT2D eigenvalue weighted by molar-refractivity contribution is 6.30. The summed E-state index contributed by atoms with van der Waals surface area (Å²) in [6.45, 7) is 0. The van der Waals surface area contributed by atoms with E-state index in [2.05, 4.69) is 16.2 Å². The molecule has 0 aliphatic carbocycles. The molecular formula is C17H11ClN4. The van der Waals surface area contributed by atoms with Gasteiger partial charge in [-0.3, -0.25) is 4.98 Å². The van der Waals surface area contributed by atoms with Crippen molar-refractivity contribution in [1.29, 1.82) is 5.26 Å². The minimum Gasteiger partial charge on any atom is -0.263 e. The van der Waals surface area contributed by atoms with Gasteiger partial charge in [-0.1, -0.05) is 23.8 Å². The quantitative estimate of drug-likeness (QED) is 0.736. The molecule has 1 aromatic carbocycles. The van der Waals surface area contributed by atoms with Gasteiger partial charge in [-0.25, -0.2) is 4.68 Å². The van der Waals surface area contributed by atoms with Gasteiger partial charge in [-0.2, -0.15) is 10.4 Å². The molecule has 0 radical (unpaired) electrons. The molecule has 5 heteroatoms. The van der Waals surface area contributed by atoms with Gasteiger partial charge in [0.2, 0.25) is 0 Å². The van der Waals surface area contributed by atoms with E-state index in [4.69, 9.17) is 16.9 Å². The first kappa shape index (κ1) is 14.1. The third-order valence-corrected chi connectivity index (χ3v) is 3.38. The van der Waals surface area contributed by atoms with Crippen molar-refractivity contribution < 1.29 is 0 Å². The van der Waals surface area contributed by atoms with Crippen molar-refractivity contribution in [2.45, 2.75) is 0 Å². The van der Waals surface area contributed by atoms with Crippen LogP contribution in [0, 0.1) is 11.3 Å². The lowest BCUT2D eigenvalue weighted by atomic mass is 10.1. The zero-order chi connectivity index (χ0) is 15.4. The Kier molecular flexibility index (Phi) is 3.99. The van der Waals surface area contributed by atoms with Gasteiger partial charge in [0.1, 0.15) is 6.07 Å². The molecular weight excluding hydrogens is 296 g/mol. The third kappa shape index (κ3) is 3.05. The largest absolute Gasteiger partial charge is 0.263 e. The molecule has 0 aliphatic rings. The monoisotopic (exact) mass is 306 g/mol. The molecule has 0 N–H and O–H groups in total. The van der Waals surface area contributed by atoms with Crippen LogP contribution in [-0.4, -0.2) is 14.8 Å². The number of aromatic nitrogens is 3. The summed E-state index contributed by atoms with van der Waals surface area (Å²) < 4.78 is 1.77. The Morgan fingerprint density at radius 2 is 1.91 bits per heavy atom. The molecule has 0 saturated carbocycles. The van der Waals surface area contributed by atoms with Crippen molar-refractivity contribution in [2.24, 2.45) is 0 Å². The van der Waals surface area contributed by atoms with Crippen molar-refractivity contribution in [3.8, 4) is 11.8 Å². The van der Waals surface area contributed by atoms with Crippen LogP contribution in [0.25, 0.3) is 17.8 Å². The van der Waals surface area contributed by atoms with E-state index in [1.807, 2.05) is 42.6 Å². The molecule has 0 bridgehead atoms. The number of nitrogens with zero attached hydrogens (tertiary/aromatic N) is 4. The fourth-order valence-electron chi connectivity index (χ4n) is 1.99. The maximum absolute atomic E-state index is 9.04. The van der Waals surface area contributed by atoms with E-state index in [0.717, 1.165) is 16.8 Å². The molecule has 0 atom stereocenters. The van der Waals surface area contributed by atoms with Gasteiger partial charge < -0.3 is 0 Å². The molecule has 0 amide bonds. The summed E-state index contributed by atoms with van der Waals surface area (Å²) in [4.78, 5) is 3.94. The first-order chi connectivity index (χ1) is 10.8. The first-order valence-corrected chi connectivity index (χ1v) is 6.97. The lowest BCUT2D eigenvalue weighted by Gasteiger charge is -1.99. The Labute approximate surface area is 132 Å². The summed E-state index contributed by atoms with van der Waals surface area (Å²) in [5.74, 6) is 0. The second kappa shape index (κ2) is 6.25. The predicted molar refractivity (Wildman–Crippen MR) is 86.5 cm³/mol. The Morgan fingerprint density at radius 1 is 1.09 bits per heavy atom. The lowest BCUT2D eigenvalue weighted by Crippen LogP contribution is -1.92. The number of pyridine rings is 1. The van der Waals surface area contributed by atoms with Crippen LogP contribution >= 0.6 is 11.6 Å². The molecule has 2 aromatic heterocycles. The molecule has 106 valence electrons.